The second kappa shape index (κ2) is 8.22. The molecule has 0 aromatic heterocycles. The maximum atomic E-state index is 13.1. The zero-order chi connectivity index (χ0) is 17.8. The zero-order valence-corrected chi connectivity index (χ0v) is 15.7. The minimum Gasteiger partial charge on any atom is -0.334 e. The van der Waals surface area contributed by atoms with Crippen LogP contribution in [0.5, 0.6) is 0 Å². The van der Waals surface area contributed by atoms with Gasteiger partial charge in [0.15, 0.2) is 0 Å². The minimum atomic E-state index is -0.156. The lowest BCUT2D eigenvalue weighted by atomic mass is 9.93. The molecule has 3 nitrogen and oxygen atoms in total. The molecule has 25 heavy (non-hydrogen) atoms. The first-order chi connectivity index (χ1) is 12.1. The number of piperidine rings is 1. The Kier molecular flexibility index (Phi) is 6.00. The van der Waals surface area contributed by atoms with E-state index in [1.54, 1.807) is 0 Å². The summed E-state index contributed by atoms with van der Waals surface area (Å²) in [5, 5.41) is 4.69. The molecule has 0 bridgehead atoms. The molecule has 1 N–H and O–H groups in total. The van der Waals surface area contributed by atoms with Gasteiger partial charge in [-0.25, -0.2) is 0 Å². The molecule has 0 aliphatic carbocycles. The average Bonchev–Trinajstić information content (AvgIpc) is 2.65. The molecular formula is C20H22Cl2N2O. The number of carbonyl (C=O) groups excluding carboxylic acids is 1. The predicted octanol–water partition coefficient (Wildman–Crippen LogP) is 4.54. The summed E-state index contributed by atoms with van der Waals surface area (Å²) in [6, 6.07) is 15.2. The Morgan fingerprint density at radius 2 is 1.40 bits per heavy atom. The summed E-state index contributed by atoms with van der Waals surface area (Å²) in [4.78, 5) is 14.9. The lowest BCUT2D eigenvalue weighted by molar-refractivity contribution is -0.136. The van der Waals surface area contributed by atoms with Gasteiger partial charge in [0, 0.05) is 23.0 Å². The van der Waals surface area contributed by atoms with Gasteiger partial charge in [0.2, 0.25) is 5.91 Å². The van der Waals surface area contributed by atoms with Crippen molar-refractivity contribution >= 4 is 29.1 Å². The van der Waals surface area contributed by atoms with Crippen molar-refractivity contribution in [3.63, 3.8) is 0 Å². The molecule has 1 saturated heterocycles. The molecule has 0 unspecified atom stereocenters. The lowest BCUT2D eigenvalue weighted by Crippen LogP contribution is -2.41. The number of amides is 1. The van der Waals surface area contributed by atoms with Crippen LogP contribution in [0.1, 0.15) is 30.0 Å². The third-order valence-electron chi connectivity index (χ3n) is 4.79. The maximum absolute atomic E-state index is 13.1. The number of nitrogens with zero attached hydrogens (tertiary/aromatic N) is 1. The van der Waals surface area contributed by atoms with Crippen LogP contribution in [0.2, 0.25) is 10.0 Å². The van der Waals surface area contributed by atoms with E-state index in [4.69, 9.17) is 23.2 Å². The van der Waals surface area contributed by atoms with Crippen LogP contribution in [0, 0.1) is 5.92 Å². The first-order valence-corrected chi connectivity index (χ1v) is 9.30. The van der Waals surface area contributed by atoms with Crippen LogP contribution in [0.25, 0.3) is 0 Å². The van der Waals surface area contributed by atoms with Crippen molar-refractivity contribution in [1.82, 2.24) is 10.2 Å². The van der Waals surface area contributed by atoms with Gasteiger partial charge < -0.3 is 10.2 Å². The quantitative estimate of drug-likeness (QED) is 0.849. The van der Waals surface area contributed by atoms with Crippen molar-refractivity contribution in [2.24, 2.45) is 5.92 Å². The highest BCUT2D eigenvalue weighted by atomic mass is 35.5. The molecule has 0 radical (unpaired) electrons. The Labute approximate surface area is 158 Å². The van der Waals surface area contributed by atoms with Gasteiger partial charge in [0.25, 0.3) is 0 Å². The van der Waals surface area contributed by atoms with Gasteiger partial charge in [-0.15, -0.1) is 0 Å². The largest absolute Gasteiger partial charge is 0.334 e. The van der Waals surface area contributed by atoms with E-state index in [2.05, 4.69) is 5.32 Å². The number of benzene rings is 2. The Morgan fingerprint density at radius 3 is 1.84 bits per heavy atom. The fourth-order valence-corrected chi connectivity index (χ4v) is 3.67. The normalized spacial score (nSPS) is 15.4. The summed E-state index contributed by atoms with van der Waals surface area (Å²) < 4.78 is 0. The molecule has 2 aromatic carbocycles. The first kappa shape index (κ1) is 18.2. The molecule has 0 spiro atoms. The third kappa shape index (κ3) is 4.35. The van der Waals surface area contributed by atoms with E-state index in [9.17, 15) is 4.79 Å². The van der Waals surface area contributed by atoms with Crippen molar-refractivity contribution in [2.45, 2.75) is 18.9 Å². The van der Waals surface area contributed by atoms with E-state index < -0.39 is 0 Å². The van der Waals surface area contributed by atoms with Crippen molar-refractivity contribution in [3.05, 3.63) is 69.7 Å². The van der Waals surface area contributed by atoms with Gasteiger partial charge in [-0.1, -0.05) is 47.5 Å². The van der Waals surface area contributed by atoms with Crippen molar-refractivity contribution < 1.29 is 4.79 Å². The van der Waals surface area contributed by atoms with Crippen LogP contribution < -0.4 is 5.32 Å². The summed E-state index contributed by atoms with van der Waals surface area (Å²) in [6.45, 7) is 1.80. The highest BCUT2D eigenvalue weighted by molar-refractivity contribution is 6.30. The molecular weight excluding hydrogens is 355 g/mol. The molecule has 1 amide bonds. The SMILES string of the molecule is CN(C(=O)C1CCNCC1)C(c1ccc(Cl)cc1)c1ccc(Cl)cc1. The smallest absolute Gasteiger partial charge is 0.226 e. The van der Waals surface area contributed by atoms with Gasteiger partial charge in [-0.05, 0) is 61.3 Å². The van der Waals surface area contributed by atoms with Crippen LogP contribution in [-0.4, -0.2) is 30.9 Å². The fraction of sp³-hybridized carbons (Fsp3) is 0.350. The Hall–Kier alpha value is -1.55. The van der Waals surface area contributed by atoms with Crippen LogP contribution in [0.4, 0.5) is 0 Å². The molecule has 3 rings (SSSR count). The van der Waals surface area contributed by atoms with Crippen LogP contribution >= 0.6 is 23.2 Å². The van der Waals surface area contributed by atoms with Gasteiger partial charge in [-0.3, -0.25) is 4.79 Å². The van der Waals surface area contributed by atoms with E-state index in [-0.39, 0.29) is 17.9 Å². The Morgan fingerprint density at radius 1 is 0.960 bits per heavy atom. The van der Waals surface area contributed by atoms with Gasteiger partial charge >= 0.3 is 0 Å². The molecule has 1 aliphatic rings. The van der Waals surface area contributed by atoms with E-state index >= 15 is 0 Å². The minimum absolute atomic E-state index is 0.0772. The second-order valence-corrected chi connectivity index (χ2v) is 7.35. The summed E-state index contributed by atoms with van der Waals surface area (Å²) in [5.41, 5.74) is 2.08. The topological polar surface area (TPSA) is 32.3 Å². The van der Waals surface area contributed by atoms with Crippen LogP contribution in [0.15, 0.2) is 48.5 Å². The highest BCUT2D eigenvalue weighted by Crippen LogP contribution is 2.31. The third-order valence-corrected chi connectivity index (χ3v) is 5.30. The van der Waals surface area contributed by atoms with E-state index in [0.29, 0.717) is 10.0 Å². The summed E-state index contributed by atoms with van der Waals surface area (Å²) in [6.07, 6.45) is 1.77. The number of halogens is 2. The monoisotopic (exact) mass is 376 g/mol. The first-order valence-electron chi connectivity index (χ1n) is 8.54. The van der Waals surface area contributed by atoms with Gasteiger partial charge in [0.05, 0.1) is 6.04 Å². The van der Waals surface area contributed by atoms with E-state index in [1.807, 2.05) is 60.5 Å². The Bertz CT molecular complexity index is 664. The predicted molar refractivity (Wildman–Crippen MR) is 103 cm³/mol. The number of rotatable bonds is 4. The molecule has 2 aromatic rings. The molecule has 0 saturated carbocycles. The summed E-state index contributed by atoms with van der Waals surface area (Å²) >= 11 is 12.1. The van der Waals surface area contributed by atoms with E-state index in [0.717, 1.165) is 37.1 Å². The van der Waals surface area contributed by atoms with E-state index in [1.165, 1.54) is 0 Å². The molecule has 1 aliphatic heterocycles. The summed E-state index contributed by atoms with van der Waals surface area (Å²) in [5.74, 6) is 0.268. The number of hydrogen-bond acceptors (Lipinski definition) is 2. The molecule has 5 heteroatoms. The lowest BCUT2D eigenvalue weighted by Gasteiger charge is -2.33. The molecule has 1 fully saturated rings. The van der Waals surface area contributed by atoms with Gasteiger partial charge in [-0.2, -0.15) is 0 Å². The average molecular weight is 377 g/mol. The number of hydrogen-bond donors (Lipinski definition) is 1. The van der Waals surface area contributed by atoms with Crippen molar-refractivity contribution in [1.29, 1.82) is 0 Å². The zero-order valence-electron chi connectivity index (χ0n) is 14.2. The highest BCUT2D eigenvalue weighted by Gasteiger charge is 2.29. The molecule has 1 heterocycles. The Balaban J connectivity index is 1.93. The second-order valence-electron chi connectivity index (χ2n) is 6.48. The molecule has 132 valence electrons. The summed E-state index contributed by atoms with van der Waals surface area (Å²) in [7, 11) is 1.89. The van der Waals surface area contributed by atoms with Crippen LogP contribution in [-0.2, 0) is 4.79 Å². The fourth-order valence-electron chi connectivity index (χ4n) is 3.41. The van der Waals surface area contributed by atoms with Crippen molar-refractivity contribution in [2.75, 3.05) is 20.1 Å². The van der Waals surface area contributed by atoms with Crippen LogP contribution in [0.3, 0.4) is 0 Å². The van der Waals surface area contributed by atoms with Gasteiger partial charge in [0.1, 0.15) is 0 Å². The standard InChI is InChI=1S/C20H22Cl2N2O/c1-24(20(25)16-10-12-23-13-11-16)19(14-2-6-17(21)7-3-14)15-4-8-18(22)9-5-15/h2-9,16,19,23H,10-13H2,1H3. The number of nitrogens with one attached hydrogen (secondary N) is 1. The molecule has 0 atom stereocenters. The maximum Gasteiger partial charge on any atom is 0.226 e. The van der Waals surface area contributed by atoms with Crippen molar-refractivity contribution in [3.8, 4) is 0 Å². The number of carbonyl (C=O) groups is 1.